The molecule has 1 aliphatic rings. The van der Waals surface area contributed by atoms with Crippen molar-refractivity contribution in [3.63, 3.8) is 0 Å². The molecule has 1 aromatic rings. The summed E-state index contributed by atoms with van der Waals surface area (Å²) in [4.78, 5) is 0. The minimum atomic E-state index is 0.752. The van der Waals surface area contributed by atoms with E-state index in [1.54, 1.807) is 0 Å². The number of aromatic nitrogens is 2. The van der Waals surface area contributed by atoms with E-state index in [9.17, 15) is 0 Å². The number of rotatable bonds is 1. The lowest BCUT2D eigenvalue weighted by Gasteiger charge is -2.23. The molecule has 0 saturated carbocycles. The predicted molar refractivity (Wildman–Crippen MR) is 44.5 cm³/mol. The zero-order chi connectivity index (χ0) is 7.68. The maximum absolute atomic E-state index is 4.21. The van der Waals surface area contributed by atoms with Crippen LogP contribution < -0.4 is 5.32 Å². The van der Waals surface area contributed by atoms with Gasteiger partial charge in [-0.1, -0.05) is 6.92 Å². The van der Waals surface area contributed by atoms with Gasteiger partial charge in [0.15, 0.2) is 0 Å². The van der Waals surface area contributed by atoms with E-state index in [0.717, 1.165) is 24.8 Å². The van der Waals surface area contributed by atoms with Gasteiger partial charge in [-0.2, -0.15) is 5.10 Å². The summed E-state index contributed by atoms with van der Waals surface area (Å²) in [6.45, 7) is 4.40. The van der Waals surface area contributed by atoms with E-state index in [1.165, 1.54) is 6.42 Å². The molecule has 0 spiro atoms. The molecular formula is C8H13N3. The molecule has 0 radical (unpaired) electrons. The Morgan fingerprint density at radius 1 is 1.82 bits per heavy atom. The molecule has 2 rings (SSSR count). The zero-order valence-corrected chi connectivity index (χ0v) is 6.75. The highest BCUT2D eigenvalue weighted by molar-refractivity contribution is 5.35. The number of nitrogens with zero attached hydrogens (tertiary/aromatic N) is 2. The summed E-state index contributed by atoms with van der Waals surface area (Å²) >= 11 is 0. The van der Waals surface area contributed by atoms with Crippen molar-refractivity contribution in [2.24, 2.45) is 5.92 Å². The molecule has 0 fully saturated rings. The normalized spacial score (nSPS) is 22.5. The third-order valence-corrected chi connectivity index (χ3v) is 2.30. The lowest BCUT2D eigenvalue weighted by molar-refractivity contribution is 0.404. The Bertz CT molecular complexity index is 241. The van der Waals surface area contributed by atoms with Crippen LogP contribution in [0.4, 0.5) is 5.82 Å². The maximum atomic E-state index is 4.21. The van der Waals surface area contributed by atoms with E-state index in [0.29, 0.717) is 0 Å². The molecular weight excluding hydrogens is 138 g/mol. The van der Waals surface area contributed by atoms with Crippen LogP contribution in [0.5, 0.6) is 0 Å². The van der Waals surface area contributed by atoms with Crippen LogP contribution in [0, 0.1) is 5.92 Å². The highest BCUT2D eigenvalue weighted by Crippen LogP contribution is 2.17. The Kier molecular flexibility index (Phi) is 1.56. The number of fused-ring (bicyclic) bond motifs is 1. The number of hydrogen-bond acceptors (Lipinski definition) is 2. The Labute approximate surface area is 66.4 Å². The fourth-order valence-corrected chi connectivity index (χ4v) is 1.46. The maximum Gasteiger partial charge on any atom is 0.124 e. The fourth-order valence-electron chi connectivity index (χ4n) is 1.46. The van der Waals surface area contributed by atoms with Crippen LogP contribution in [0.1, 0.15) is 13.3 Å². The van der Waals surface area contributed by atoms with Gasteiger partial charge in [-0.15, -0.1) is 0 Å². The highest BCUT2D eigenvalue weighted by Gasteiger charge is 2.15. The summed E-state index contributed by atoms with van der Waals surface area (Å²) in [5.74, 6) is 1.91. The Morgan fingerprint density at radius 3 is 3.55 bits per heavy atom. The van der Waals surface area contributed by atoms with E-state index in [2.05, 4.69) is 17.3 Å². The molecule has 1 N–H and O–H groups in total. The summed E-state index contributed by atoms with van der Waals surface area (Å²) in [5, 5.41) is 7.55. The van der Waals surface area contributed by atoms with E-state index in [-0.39, 0.29) is 0 Å². The quantitative estimate of drug-likeness (QED) is 0.656. The Morgan fingerprint density at radius 2 is 2.73 bits per heavy atom. The largest absolute Gasteiger partial charge is 0.370 e. The van der Waals surface area contributed by atoms with Crippen LogP contribution in [-0.4, -0.2) is 16.3 Å². The number of hydrogen-bond donors (Lipinski definition) is 1. The minimum absolute atomic E-state index is 0.752. The fraction of sp³-hybridized carbons (Fsp3) is 0.625. The summed E-state index contributed by atoms with van der Waals surface area (Å²) in [6.07, 6.45) is 3.08. The molecule has 1 aromatic heterocycles. The first kappa shape index (κ1) is 6.70. The van der Waals surface area contributed by atoms with Gasteiger partial charge in [0, 0.05) is 19.2 Å². The van der Waals surface area contributed by atoms with Crippen molar-refractivity contribution in [2.45, 2.75) is 19.9 Å². The van der Waals surface area contributed by atoms with Gasteiger partial charge in [0.05, 0.1) is 6.20 Å². The monoisotopic (exact) mass is 151 g/mol. The summed E-state index contributed by atoms with van der Waals surface area (Å²) in [7, 11) is 0. The lowest BCUT2D eigenvalue weighted by Crippen LogP contribution is -2.27. The topological polar surface area (TPSA) is 29.9 Å². The standard InChI is InChI=1S/C8H13N3/c1-2-7-5-9-8-3-4-10-11(8)6-7/h3-4,7,9H,2,5-6H2,1H3. The second-order valence-corrected chi connectivity index (χ2v) is 3.05. The molecule has 1 unspecified atom stereocenters. The average molecular weight is 151 g/mol. The first-order chi connectivity index (χ1) is 5.40. The van der Waals surface area contributed by atoms with Crippen LogP contribution in [0.2, 0.25) is 0 Å². The number of anilines is 1. The van der Waals surface area contributed by atoms with Crippen LogP contribution in [0.3, 0.4) is 0 Å². The van der Waals surface area contributed by atoms with Crippen molar-refractivity contribution in [1.82, 2.24) is 9.78 Å². The van der Waals surface area contributed by atoms with Crippen LogP contribution >= 0.6 is 0 Å². The second-order valence-electron chi connectivity index (χ2n) is 3.05. The summed E-state index contributed by atoms with van der Waals surface area (Å²) in [6, 6.07) is 2.02. The Balaban J connectivity index is 2.18. The SMILES string of the molecule is CCC1CNc2ccnn2C1. The molecule has 0 amide bonds. The van der Waals surface area contributed by atoms with E-state index < -0.39 is 0 Å². The third kappa shape index (κ3) is 1.11. The van der Waals surface area contributed by atoms with Gasteiger partial charge in [-0.05, 0) is 12.3 Å². The predicted octanol–water partition coefficient (Wildman–Crippen LogP) is 1.33. The lowest BCUT2D eigenvalue weighted by atomic mass is 10.1. The molecule has 0 saturated heterocycles. The van der Waals surface area contributed by atoms with Gasteiger partial charge in [0.2, 0.25) is 0 Å². The van der Waals surface area contributed by atoms with Crippen LogP contribution in [0.15, 0.2) is 12.3 Å². The highest BCUT2D eigenvalue weighted by atomic mass is 15.3. The molecule has 1 atom stereocenters. The molecule has 1 aliphatic heterocycles. The van der Waals surface area contributed by atoms with Crippen LogP contribution in [0.25, 0.3) is 0 Å². The van der Waals surface area contributed by atoms with Gasteiger partial charge >= 0.3 is 0 Å². The van der Waals surface area contributed by atoms with Crippen molar-refractivity contribution in [1.29, 1.82) is 0 Å². The molecule has 11 heavy (non-hydrogen) atoms. The molecule has 0 bridgehead atoms. The van der Waals surface area contributed by atoms with E-state index in [4.69, 9.17) is 0 Å². The number of nitrogens with one attached hydrogen (secondary N) is 1. The molecule has 2 heterocycles. The van der Waals surface area contributed by atoms with Gasteiger partial charge in [-0.25, -0.2) is 4.68 Å². The first-order valence-corrected chi connectivity index (χ1v) is 4.16. The smallest absolute Gasteiger partial charge is 0.124 e. The van der Waals surface area contributed by atoms with Crippen molar-refractivity contribution in [3.8, 4) is 0 Å². The van der Waals surface area contributed by atoms with Gasteiger partial charge in [0.25, 0.3) is 0 Å². The average Bonchev–Trinajstić information content (AvgIpc) is 2.50. The molecule has 0 aromatic carbocycles. The molecule has 3 heteroatoms. The van der Waals surface area contributed by atoms with Crippen molar-refractivity contribution < 1.29 is 0 Å². The van der Waals surface area contributed by atoms with Gasteiger partial charge < -0.3 is 5.32 Å². The first-order valence-electron chi connectivity index (χ1n) is 4.16. The van der Waals surface area contributed by atoms with Gasteiger partial charge in [-0.3, -0.25) is 0 Å². The Hall–Kier alpha value is -0.990. The zero-order valence-electron chi connectivity index (χ0n) is 6.75. The summed E-state index contributed by atoms with van der Waals surface area (Å²) in [5.41, 5.74) is 0. The van der Waals surface area contributed by atoms with E-state index >= 15 is 0 Å². The van der Waals surface area contributed by atoms with Crippen molar-refractivity contribution in [3.05, 3.63) is 12.3 Å². The van der Waals surface area contributed by atoms with Crippen molar-refractivity contribution in [2.75, 3.05) is 11.9 Å². The molecule has 60 valence electrons. The van der Waals surface area contributed by atoms with Crippen molar-refractivity contribution >= 4 is 5.82 Å². The van der Waals surface area contributed by atoms with Gasteiger partial charge in [0.1, 0.15) is 5.82 Å². The van der Waals surface area contributed by atoms with Crippen LogP contribution in [-0.2, 0) is 6.54 Å². The third-order valence-electron chi connectivity index (χ3n) is 2.30. The molecule has 3 nitrogen and oxygen atoms in total. The summed E-state index contributed by atoms with van der Waals surface area (Å²) < 4.78 is 2.04. The minimum Gasteiger partial charge on any atom is -0.370 e. The van der Waals surface area contributed by atoms with E-state index in [1.807, 2.05) is 16.9 Å². The molecule has 0 aliphatic carbocycles. The second kappa shape index (κ2) is 2.57.